The van der Waals surface area contributed by atoms with Crippen LogP contribution < -0.4 is 14.8 Å². The summed E-state index contributed by atoms with van der Waals surface area (Å²) in [6.45, 7) is 5.27. The molecule has 1 aromatic heterocycles. The number of thiazole rings is 1. The number of benzene rings is 1. The summed E-state index contributed by atoms with van der Waals surface area (Å²) in [5.41, 5.74) is 0.939. The smallest absolute Gasteiger partial charge is 0.184 e. The molecule has 1 fully saturated rings. The van der Waals surface area contributed by atoms with Gasteiger partial charge in [-0.05, 0) is 32.8 Å². The zero-order valence-electron chi connectivity index (χ0n) is 13.4. The van der Waals surface area contributed by atoms with Gasteiger partial charge in [0.2, 0.25) is 0 Å². The van der Waals surface area contributed by atoms with E-state index >= 15 is 0 Å². The molecule has 120 valence electrons. The van der Waals surface area contributed by atoms with Crippen molar-refractivity contribution in [3.63, 3.8) is 0 Å². The van der Waals surface area contributed by atoms with Crippen molar-refractivity contribution >= 4 is 26.7 Å². The van der Waals surface area contributed by atoms with Crippen LogP contribution in [0.3, 0.4) is 0 Å². The van der Waals surface area contributed by atoms with Crippen LogP contribution in [0, 0.1) is 0 Å². The number of ether oxygens (including phenoxy) is 2. The highest BCUT2D eigenvalue weighted by Gasteiger charge is 2.17. The Morgan fingerprint density at radius 1 is 1.14 bits per heavy atom. The SMILES string of the molecule is CCOc1cc(OCC)c2nc(NC3CCCCC3)sc2c1. The second kappa shape index (κ2) is 7.18. The highest BCUT2D eigenvalue weighted by molar-refractivity contribution is 7.22. The number of aromatic nitrogens is 1. The Labute approximate surface area is 135 Å². The van der Waals surface area contributed by atoms with Crippen molar-refractivity contribution in [1.82, 2.24) is 4.98 Å². The van der Waals surface area contributed by atoms with E-state index in [4.69, 9.17) is 14.5 Å². The van der Waals surface area contributed by atoms with E-state index in [0.29, 0.717) is 19.3 Å². The van der Waals surface area contributed by atoms with Crippen molar-refractivity contribution in [2.24, 2.45) is 0 Å². The lowest BCUT2D eigenvalue weighted by Crippen LogP contribution is -2.21. The molecule has 0 atom stereocenters. The van der Waals surface area contributed by atoms with Crippen LogP contribution in [-0.2, 0) is 0 Å². The molecule has 1 heterocycles. The molecule has 1 aliphatic rings. The highest BCUT2D eigenvalue weighted by Crippen LogP contribution is 2.37. The predicted molar refractivity (Wildman–Crippen MR) is 92.5 cm³/mol. The van der Waals surface area contributed by atoms with E-state index in [1.165, 1.54) is 32.1 Å². The Balaban J connectivity index is 1.87. The maximum absolute atomic E-state index is 5.75. The zero-order valence-corrected chi connectivity index (χ0v) is 14.2. The summed E-state index contributed by atoms with van der Waals surface area (Å²) in [7, 11) is 0. The topological polar surface area (TPSA) is 43.4 Å². The Bertz CT molecular complexity index is 620. The lowest BCUT2D eigenvalue weighted by Gasteiger charge is -2.22. The Morgan fingerprint density at radius 3 is 2.64 bits per heavy atom. The molecule has 0 amide bonds. The van der Waals surface area contributed by atoms with E-state index in [-0.39, 0.29) is 0 Å². The fraction of sp³-hybridized carbons (Fsp3) is 0.588. The number of nitrogens with zero attached hydrogens (tertiary/aromatic N) is 1. The molecule has 22 heavy (non-hydrogen) atoms. The van der Waals surface area contributed by atoms with Gasteiger partial charge in [-0.3, -0.25) is 0 Å². The molecule has 3 rings (SSSR count). The molecule has 0 unspecified atom stereocenters. The van der Waals surface area contributed by atoms with Crippen LogP contribution in [-0.4, -0.2) is 24.2 Å². The van der Waals surface area contributed by atoms with Gasteiger partial charge in [0.25, 0.3) is 0 Å². The highest BCUT2D eigenvalue weighted by atomic mass is 32.1. The zero-order chi connectivity index (χ0) is 15.4. The summed E-state index contributed by atoms with van der Waals surface area (Å²) >= 11 is 1.69. The summed E-state index contributed by atoms with van der Waals surface area (Å²) in [4.78, 5) is 4.75. The summed E-state index contributed by atoms with van der Waals surface area (Å²) in [5, 5.41) is 4.60. The normalized spacial score (nSPS) is 15.9. The van der Waals surface area contributed by atoms with Crippen LogP contribution >= 0.6 is 11.3 Å². The van der Waals surface area contributed by atoms with Gasteiger partial charge in [0.05, 0.1) is 17.9 Å². The van der Waals surface area contributed by atoms with Crippen molar-refractivity contribution < 1.29 is 9.47 Å². The van der Waals surface area contributed by atoms with E-state index in [9.17, 15) is 0 Å². The molecule has 0 saturated heterocycles. The average molecular weight is 320 g/mol. The van der Waals surface area contributed by atoms with Crippen LogP contribution in [0.1, 0.15) is 46.0 Å². The Morgan fingerprint density at radius 2 is 1.91 bits per heavy atom. The summed E-state index contributed by atoms with van der Waals surface area (Å²) < 4.78 is 12.5. The van der Waals surface area contributed by atoms with Crippen LogP contribution in [0.4, 0.5) is 5.13 Å². The molecule has 0 aliphatic heterocycles. The molecule has 1 N–H and O–H groups in total. The van der Waals surface area contributed by atoms with Crippen LogP contribution in [0.5, 0.6) is 11.5 Å². The lowest BCUT2D eigenvalue weighted by atomic mass is 9.96. The monoisotopic (exact) mass is 320 g/mol. The number of hydrogen-bond acceptors (Lipinski definition) is 5. The Hall–Kier alpha value is -1.49. The average Bonchev–Trinajstić information content (AvgIpc) is 2.91. The van der Waals surface area contributed by atoms with Crippen molar-refractivity contribution in [2.75, 3.05) is 18.5 Å². The van der Waals surface area contributed by atoms with Crippen molar-refractivity contribution in [2.45, 2.75) is 52.0 Å². The van der Waals surface area contributed by atoms with Crippen LogP contribution in [0.2, 0.25) is 0 Å². The third-order valence-corrected chi connectivity index (χ3v) is 4.91. The van der Waals surface area contributed by atoms with E-state index < -0.39 is 0 Å². The standard InChI is InChI=1S/C17H24N2O2S/c1-3-20-13-10-14(21-4-2)16-15(11-13)22-17(19-16)18-12-8-6-5-7-9-12/h10-12H,3-9H2,1-2H3,(H,18,19). The third kappa shape index (κ3) is 3.46. The second-order valence-electron chi connectivity index (χ2n) is 5.63. The molecule has 1 saturated carbocycles. The van der Waals surface area contributed by atoms with Gasteiger partial charge < -0.3 is 14.8 Å². The van der Waals surface area contributed by atoms with Crippen molar-refractivity contribution in [1.29, 1.82) is 0 Å². The molecule has 4 nitrogen and oxygen atoms in total. The molecular formula is C17H24N2O2S. The molecule has 0 bridgehead atoms. The maximum Gasteiger partial charge on any atom is 0.184 e. The first-order chi connectivity index (χ1) is 10.8. The van der Waals surface area contributed by atoms with Gasteiger partial charge in [0.1, 0.15) is 17.0 Å². The fourth-order valence-electron chi connectivity index (χ4n) is 2.97. The summed E-state index contributed by atoms with van der Waals surface area (Å²) in [6.07, 6.45) is 6.50. The maximum atomic E-state index is 5.75. The second-order valence-corrected chi connectivity index (χ2v) is 6.66. The number of nitrogens with one attached hydrogen (secondary N) is 1. The van der Waals surface area contributed by atoms with E-state index in [0.717, 1.165) is 26.8 Å². The minimum absolute atomic E-state index is 0.566. The van der Waals surface area contributed by atoms with E-state index in [1.54, 1.807) is 11.3 Å². The summed E-state index contributed by atoms with van der Waals surface area (Å²) in [5.74, 6) is 1.67. The van der Waals surface area contributed by atoms with Gasteiger partial charge in [-0.1, -0.05) is 30.6 Å². The molecule has 0 radical (unpaired) electrons. The van der Waals surface area contributed by atoms with Crippen molar-refractivity contribution in [3.05, 3.63) is 12.1 Å². The number of anilines is 1. The largest absolute Gasteiger partial charge is 0.494 e. The Kier molecular flexibility index (Phi) is 5.03. The van der Waals surface area contributed by atoms with Gasteiger partial charge >= 0.3 is 0 Å². The van der Waals surface area contributed by atoms with Crippen LogP contribution in [0.25, 0.3) is 10.2 Å². The van der Waals surface area contributed by atoms with Crippen LogP contribution in [0.15, 0.2) is 12.1 Å². The minimum atomic E-state index is 0.566. The van der Waals surface area contributed by atoms with E-state index in [2.05, 4.69) is 11.4 Å². The van der Waals surface area contributed by atoms with Gasteiger partial charge in [0, 0.05) is 12.1 Å². The lowest BCUT2D eigenvalue weighted by molar-refractivity contribution is 0.326. The fourth-order valence-corrected chi connectivity index (χ4v) is 3.96. The predicted octanol–water partition coefficient (Wildman–Crippen LogP) is 4.84. The molecule has 0 spiro atoms. The molecule has 1 aromatic carbocycles. The summed E-state index contributed by atoms with van der Waals surface area (Å²) in [6, 6.07) is 4.57. The molecule has 2 aromatic rings. The minimum Gasteiger partial charge on any atom is -0.494 e. The molecular weight excluding hydrogens is 296 g/mol. The van der Waals surface area contributed by atoms with E-state index in [1.807, 2.05) is 19.9 Å². The quantitative estimate of drug-likeness (QED) is 0.827. The first kappa shape index (κ1) is 15.4. The first-order valence-corrected chi connectivity index (χ1v) is 9.08. The first-order valence-electron chi connectivity index (χ1n) is 8.27. The third-order valence-electron chi connectivity index (χ3n) is 3.98. The number of fused-ring (bicyclic) bond motifs is 1. The van der Waals surface area contributed by atoms with Crippen molar-refractivity contribution in [3.8, 4) is 11.5 Å². The molecule has 5 heteroatoms. The van der Waals surface area contributed by atoms with Gasteiger partial charge in [-0.25, -0.2) is 4.98 Å². The molecule has 1 aliphatic carbocycles. The number of rotatable bonds is 6. The van der Waals surface area contributed by atoms with Gasteiger partial charge in [0.15, 0.2) is 5.13 Å². The van der Waals surface area contributed by atoms with Gasteiger partial charge in [-0.15, -0.1) is 0 Å². The van der Waals surface area contributed by atoms with Gasteiger partial charge in [-0.2, -0.15) is 0 Å². The number of hydrogen-bond donors (Lipinski definition) is 1.